The van der Waals surface area contributed by atoms with Gasteiger partial charge in [-0.05, 0) is 0 Å². The molecule has 0 aliphatic rings. The van der Waals surface area contributed by atoms with E-state index in [1.54, 1.807) is 0 Å². The molecule has 0 bridgehead atoms. The smallest absolute Gasteiger partial charge is 0.335 e. The third kappa shape index (κ3) is 6.08. The highest BCUT2D eigenvalue weighted by molar-refractivity contribution is 5.73. The Bertz CT molecular complexity index is 325. The lowest BCUT2D eigenvalue weighted by molar-refractivity contribution is -0.186. The van der Waals surface area contributed by atoms with Gasteiger partial charge < -0.3 is 50.7 Å². The topological polar surface area (TPSA) is 208 Å². The van der Waals surface area contributed by atoms with Crippen LogP contribution in [-0.4, -0.2) is 114 Å². The molecular weight excluding hydrogens is 308 g/mol. The third-order valence-electron chi connectivity index (χ3n) is 2.86. The van der Waals surface area contributed by atoms with Crippen LogP contribution in [0.15, 0.2) is 0 Å². The van der Waals surface area contributed by atoms with E-state index >= 15 is 0 Å². The Morgan fingerprint density at radius 3 is 1.73 bits per heavy atom. The first-order valence-electron chi connectivity index (χ1n) is 6.31. The van der Waals surface area contributed by atoms with E-state index in [1.807, 2.05) is 0 Å². The predicted molar refractivity (Wildman–Crippen MR) is 67.6 cm³/mol. The first-order valence-corrected chi connectivity index (χ1v) is 6.31. The number of carboxylic acids is 1. The lowest BCUT2D eigenvalue weighted by Crippen LogP contribution is -2.55. The number of hydrogen-bond acceptors (Lipinski definition) is 10. The fourth-order valence-corrected chi connectivity index (χ4v) is 1.50. The summed E-state index contributed by atoms with van der Waals surface area (Å²) in [4.78, 5) is 11.0. The number of aliphatic hydroxyl groups is 8. The standard InChI is InChI=1S/C11H22O11/c12-1-4(14)3-22-10(11(20)21)9(19)8(18)7(17)6(16)5(15)2-13/h4-10,12-19H,1-3H2,(H,20,21)/t4?,5-,6-,7+,8+,9?,10?/m1/s1. The van der Waals surface area contributed by atoms with Crippen molar-refractivity contribution in [2.75, 3.05) is 19.8 Å². The van der Waals surface area contributed by atoms with Crippen molar-refractivity contribution < 1.29 is 55.5 Å². The number of aliphatic hydroxyl groups excluding tert-OH is 8. The predicted octanol–water partition coefficient (Wildman–Crippen LogP) is -5.39. The molecule has 9 N–H and O–H groups in total. The summed E-state index contributed by atoms with van der Waals surface area (Å²) in [5, 5.41) is 82.5. The van der Waals surface area contributed by atoms with Gasteiger partial charge in [0, 0.05) is 0 Å². The minimum atomic E-state index is -2.23. The summed E-state index contributed by atoms with van der Waals surface area (Å²) in [5.74, 6) is -1.74. The molecule has 0 aromatic rings. The van der Waals surface area contributed by atoms with E-state index in [9.17, 15) is 25.2 Å². The molecule has 11 heteroatoms. The molecule has 3 unspecified atom stereocenters. The SMILES string of the molecule is O=C(O)C(OCC(O)CO)C(O)[C@@H](O)[C@@H](O)[C@H](O)[C@H](O)CO. The van der Waals surface area contributed by atoms with Crippen molar-refractivity contribution in [3.63, 3.8) is 0 Å². The minimum Gasteiger partial charge on any atom is -0.479 e. The van der Waals surface area contributed by atoms with Gasteiger partial charge in [-0.25, -0.2) is 4.79 Å². The summed E-state index contributed by atoms with van der Waals surface area (Å²) in [6.07, 6.45) is -14.0. The Morgan fingerprint density at radius 2 is 1.32 bits per heavy atom. The highest BCUT2D eigenvalue weighted by Gasteiger charge is 2.40. The Hall–Kier alpha value is -0.890. The molecule has 0 amide bonds. The van der Waals surface area contributed by atoms with Crippen LogP contribution in [0.25, 0.3) is 0 Å². The van der Waals surface area contributed by atoms with Crippen molar-refractivity contribution in [2.45, 2.75) is 42.7 Å². The van der Waals surface area contributed by atoms with E-state index in [4.69, 9.17) is 25.5 Å². The number of ether oxygens (including phenoxy) is 1. The zero-order valence-corrected chi connectivity index (χ0v) is 11.5. The average Bonchev–Trinajstić information content (AvgIpc) is 2.50. The molecule has 0 saturated carbocycles. The van der Waals surface area contributed by atoms with Gasteiger partial charge in [-0.2, -0.15) is 0 Å². The molecular formula is C11H22O11. The summed E-state index contributed by atoms with van der Waals surface area (Å²) in [6.45, 7) is -2.34. The summed E-state index contributed by atoms with van der Waals surface area (Å²) < 4.78 is 4.63. The first-order chi connectivity index (χ1) is 10.2. The molecule has 0 aliphatic carbocycles. The minimum absolute atomic E-state index is 0.671. The van der Waals surface area contributed by atoms with Gasteiger partial charge in [-0.3, -0.25) is 0 Å². The molecule has 7 atom stereocenters. The number of carboxylic acid groups (broad SMARTS) is 1. The van der Waals surface area contributed by atoms with Gasteiger partial charge in [0.1, 0.15) is 36.6 Å². The second kappa shape index (κ2) is 9.99. The van der Waals surface area contributed by atoms with Crippen molar-refractivity contribution in [3.8, 4) is 0 Å². The molecule has 0 spiro atoms. The molecule has 0 aliphatic heterocycles. The first kappa shape index (κ1) is 21.1. The summed E-state index contributed by atoms with van der Waals surface area (Å²) >= 11 is 0. The number of carbonyl (C=O) groups is 1. The van der Waals surface area contributed by atoms with E-state index in [2.05, 4.69) is 4.74 Å². The molecule has 0 aromatic carbocycles. The second-order valence-electron chi connectivity index (χ2n) is 4.64. The van der Waals surface area contributed by atoms with E-state index in [-0.39, 0.29) is 0 Å². The summed E-state index contributed by atoms with van der Waals surface area (Å²) in [7, 11) is 0. The van der Waals surface area contributed by atoms with Crippen molar-refractivity contribution in [3.05, 3.63) is 0 Å². The van der Waals surface area contributed by atoms with Crippen molar-refractivity contribution >= 4 is 5.97 Å². The average molecular weight is 330 g/mol. The van der Waals surface area contributed by atoms with Crippen LogP contribution in [0.3, 0.4) is 0 Å². The maximum Gasteiger partial charge on any atom is 0.335 e. The third-order valence-corrected chi connectivity index (χ3v) is 2.86. The lowest BCUT2D eigenvalue weighted by Gasteiger charge is -2.31. The molecule has 0 radical (unpaired) electrons. The van der Waals surface area contributed by atoms with Gasteiger partial charge in [0.15, 0.2) is 6.10 Å². The summed E-state index contributed by atoms with van der Waals surface area (Å²) in [5.41, 5.74) is 0. The Kier molecular flexibility index (Phi) is 9.59. The highest BCUT2D eigenvalue weighted by Crippen LogP contribution is 2.13. The van der Waals surface area contributed by atoms with Gasteiger partial charge in [-0.15, -0.1) is 0 Å². The summed E-state index contributed by atoms with van der Waals surface area (Å²) in [6, 6.07) is 0. The number of hydrogen-bond donors (Lipinski definition) is 9. The van der Waals surface area contributed by atoms with Crippen LogP contribution in [0, 0.1) is 0 Å². The lowest BCUT2D eigenvalue weighted by atomic mass is 9.96. The van der Waals surface area contributed by atoms with Crippen LogP contribution in [0.1, 0.15) is 0 Å². The van der Waals surface area contributed by atoms with E-state index in [1.165, 1.54) is 0 Å². The zero-order valence-electron chi connectivity index (χ0n) is 11.5. The zero-order chi connectivity index (χ0) is 17.4. The monoisotopic (exact) mass is 330 g/mol. The van der Waals surface area contributed by atoms with Gasteiger partial charge in [0.2, 0.25) is 0 Å². The van der Waals surface area contributed by atoms with Crippen LogP contribution < -0.4 is 0 Å². The second-order valence-corrected chi connectivity index (χ2v) is 4.64. The maximum absolute atomic E-state index is 11.0. The molecule has 0 saturated heterocycles. The van der Waals surface area contributed by atoms with Crippen molar-refractivity contribution in [1.82, 2.24) is 0 Å². The number of aliphatic carboxylic acids is 1. The van der Waals surface area contributed by atoms with Crippen LogP contribution in [-0.2, 0) is 9.53 Å². The molecule has 0 rings (SSSR count). The van der Waals surface area contributed by atoms with E-state index in [0.29, 0.717) is 0 Å². The van der Waals surface area contributed by atoms with Crippen LogP contribution in [0.5, 0.6) is 0 Å². The Morgan fingerprint density at radius 1 is 0.818 bits per heavy atom. The van der Waals surface area contributed by atoms with Crippen LogP contribution in [0.4, 0.5) is 0 Å². The van der Waals surface area contributed by atoms with Gasteiger partial charge >= 0.3 is 5.97 Å². The highest BCUT2D eigenvalue weighted by atomic mass is 16.5. The molecule has 132 valence electrons. The fraction of sp³-hybridized carbons (Fsp3) is 0.909. The maximum atomic E-state index is 11.0. The quantitative estimate of drug-likeness (QED) is 0.174. The van der Waals surface area contributed by atoms with Crippen LogP contribution in [0.2, 0.25) is 0 Å². The fourth-order valence-electron chi connectivity index (χ4n) is 1.50. The van der Waals surface area contributed by atoms with Gasteiger partial charge in [0.05, 0.1) is 19.8 Å². The molecule has 22 heavy (non-hydrogen) atoms. The van der Waals surface area contributed by atoms with E-state index in [0.717, 1.165) is 0 Å². The normalized spacial score (nSPS) is 21.5. The molecule has 0 aromatic heterocycles. The van der Waals surface area contributed by atoms with Crippen molar-refractivity contribution in [1.29, 1.82) is 0 Å². The van der Waals surface area contributed by atoms with E-state index < -0.39 is 68.5 Å². The Labute approximate surface area is 125 Å². The van der Waals surface area contributed by atoms with Crippen LogP contribution >= 0.6 is 0 Å². The largest absolute Gasteiger partial charge is 0.479 e. The number of rotatable bonds is 11. The molecule has 11 nitrogen and oxygen atoms in total. The molecule has 0 fully saturated rings. The van der Waals surface area contributed by atoms with Crippen molar-refractivity contribution in [2.24, 2.45) is 0 Å². The molecule has 0 heterocycles. The Balaban J connectivity index is 4.83. The van der Waals surface area contributed by atoms with Gasteiger partial charge in [-0.1, -0.05) is 0 Å². The van der Waals surface area contributed by atoms with Gasteiger partial charge in [0.25, 0.3) is 0 Å².